The van der Waals surface area contributed by atoms with Crippen LogP contribution in [0.4, 0.5) is 4.79 Å². The topological polar surface area (TPSA) is 176 Å². The lowest BCUT2D eigenvalue weighted by Crippen LogP contribution is -2.51. The molecule has 2 aromatic rings. The highest BCUT2D eigenvalue weighted by Gasteiger charge is 2.38. The summed E-state index contributed by atoms with van der Waals surface area (Å²) in [4.78, 5) is 36.6. The van der Waals surface area contributed by atoms with Crippen LogP contribution < -0.4 is 20.5 Å². The largest absolute Gasteiger partial charge is 0.491 e. The number of amides is 1. The number of nitrogens with one attached hydrogen (secondary N) is 1. The third-order valence-corrected chi connectivity index (χ3v) is 3.70. The first kappa shape index (κ1) is 10.8. The van der Waals surface area contributed by atoms with E-state index in [-0.39, 0.29) is 5.31 Å². The zero-order valence-corrected chi connectivity index (χ0v) is 20.7. The van der Waals surface area contributed by atoms with Crippen LogP contribution in [0.3, 0.4) is 0 Å². The molecule has 0 spiro atoms. The van der Waals surface area contributed by atoms with E-state index in [1.807, 2.05) is 0 Å². The van der Waals surface area contributed by atoms with Crippen molar-refractivity contribution in [1.82, 2.24) is 5.31 Å². The van der Waals surface area contributed by atoms with Crippen LogP contribution in [-0.4, -0.2) is 74.2 Å². The van der Waals surface area contributed by atoms with Crippen molar-refractivity contribution in [2.24, 2.45) is 5.72 Å². The number of ether oxygens (including phenoxy) is 5. The second-order valence-corrected chi connectivity index (χ2v) is 7.48. The number of hydrogen-bond donors (Lipinski definition) is 4. The van der Waals surface area contributed by atoms with Gasteiger partial charge in [-0.2, -0.15) is 0 Å². The maximum atomic E-state index is 12.6. The molecule has 0 aliphatic carbocycles. The summed E-state index contributed by atoms with van der Waals surface area (Å²) in [6.45, 7) is -11.9. The fourth-order valence-electron chi connectivity index (χ4n) is 2.00. The number of benzene rings is 2. The molecule has 222 valence electrons. The molecule has 2 atom stereocenters. The first-order chi connectivity index (χ1) is 30.1. The van der Waals surface area contributed by atoms with Gasteiger partial charge >= 0.3 is 18.0 Å². The molecule has 5 N–H and O–H groups in total. The van der Waals surface area contributed by atoms with Crippen LogP contribution in [0.2, 0.25) is 4.24 Å². The molecule has 0 heterocycles. The number of carboxylic acid groups (broad SMARTS) is 2. The maximum absolute atomic E-state index is 12.6. The van der Waals surface area contributed by atoms with E-state index in [9.17, 15) is 19.5 Å². The van der Waals surface area contributed by atoms with Gasteiger partial charge in [0.05, 0.1) is 44.6 Å². The zero-order chi connectivity index (χ0) is 54.3. The molecule has 1 amide bonds. The molecule has 2 rings (SSSR count). The molecule has 0 fully saturated rings. The average molecular weight is 593 g/mol. The first-order valence-corrected chi connectivity index (χ1v) is 10.1. The van der Waals surface area contributed by atoms with Crippen molar-refractivity contribution in [2.75, 3.05) is 40.3 Å². The third kappa shape index (κ3) is 11.9. The summed E-state index contributed by atoms with van der Waals surface area (Å²) in [5, 5.41) is 12.9. The van der Waals surface area contributed by atoms with E-state index in [1.54, 1.807) is 0 Å². The second-order valence-electron chi connectivity index (χ2n) is 7.48. The van der Waals surface area contributed by atoms with Gasteiger partial charge in [0.1, 0.15) is 39.1 Å². The van der Waals surface area contributed by atoms with Gasteiger partial charge in [-0.05, 0) is 63.0 Å². The van der Waals surface area contributed by atoms with Crippen molar-refractivity contribution >= 4 is 18.0 Å². The van der Waals surface area contributed by atoms with Crippen molar-refractivity contribution in [1.29, 1.82) is 1.43 Å². The molecule has 12 heteroatoms. The normalized spacial score (nSPS) is 26.0. The van der Waals surface area contributed by atoms with Crippen molar-refractivity contribution in [3.8, 4) is 11.5 Å². The number of aliphatic carboxylic acids is 2. The summed E-state index contributed by atoms with van der Waals surface area (Å²) in [5.41, 5.74) is -7.24. The monoisotopic (exact) mass is 592 g/mol. The van der Waals surface area contributed by atoms with Gasteiger partial charge in [-0.1, -0.05) is 24.2 Å². The van der Waals surface area contributed by atoms with Crippen LogP contribution in [0.1, 0.15) is 77.7 Å². The minimum atomic E-state index is -3.70. The number of hydrogen-bond acceptors (Lipinski definition) is 10. The molecule has 0 saturated carbocycles. The van der Waals surface area contributed by atoms with Gasteiger partial charge in [-0.3, -0.25) is 4.79 Å². The smallest absolute Gasteiger partial charge is 0.408 e. The van der Waals surface area contributed by atoms with Gasteiger partial charge in [0.25, 0.3) is 1.43 Å². The standard InChI is InChI=1S/C17H25NO6.C11H15NO4/c1-16(2,3)24-15(21)18-17(4,14(19)20)12-6-8-13(9-7-12)23-11-10-22-5;1-15-6-7-16-9-4-2-8(3-5-9)10(12)11(13)14/h6-9H,10-11H2,1-5H3,(H,18,21)(H,19,20);2-5,10H,6-7,12H2,1H3,(H,13,14)/i1D,5D3,6D,7D,8D,9D,10D2,11D2;1D3,2D,3D,4D,5D,6D2,7D2,10D/hD4. The van der Waals surface area contributed by atoms with Crippen LogP contribution in [0.25, 0.3) is 1.43 Å². The number of methoxy groups -OCH3 is 2. The molecule has 0 aromatic heterocycles. The first-order valence-electron chi connectivity index (χ1n) is 24.1. The lowest BCUT2D eigenvalue weighted by atomic mass is 9.92. The molecule has 0 aliphatic rings. The Morgan fingerprint density at radius 3 is 2.05 bits per heavy atom. The van der Waals surface area contributed by atoms with Gasteiger partial charge < -0.3 is 44.9 Å². The molecular weight excluding hydrogens is 524 g/mol. The van der Waals surface area contributed by atoms with E-state index in [4.69, 9.17) is 48.0 Å². The van der Waals surface area contributed by atoms with Crippen LogP contribution >= 0.6 is 0 Å². The molecular formula is C28H40N2O10. The third-order valence-electron chi connectivity index (χ3n) is 3.70. The van der Waals surface area contributed by atoms with Crippen molar-refractivity contribution < 1.29 is 85.4 Å². The van der Waals surface area contributed by atoms with Crippen LogP contribution in [0.15, 0.2) is 48.3 Å². The summed E-state index contributed by atoms with van der Waals surface area (Å²) in [5.74, 6) is -6.38. The Hall–Kier alpha value is -3.87. The molecule has 2 aromatic carbocycles. The fourth-order valence-corrected chi connectivity index (χ4v) is 2.00. The Labute approximate surface area is 273 Å². The molecule has 0 saturated heterocycles. The minimum absolute atomic E-state index is 0.214. The minimum Gasteiger partial charge on any atom is -0.491 e. The van der Waals surface area contributed by atoms with Crippen molar-refractivity contribution in [3.63, 3.8) is 0 Å². The summed E-state index contributed by atoms with van der Waals surface area (Å²) in [7, 11) is -6.84. The molecule has 0 bridgehead atoms. The van der Waals surface area contributed by atoms with Crippen LogP contribution in [0.5, 0.6) is 11.5 Å². The average Bonchev–Trinajstić information content (AvgIpc) is 3.16. The Morgan fingerprint density at radius 2 is 1.60 bits per heavy atom. The zero-order valence-electron chi connectivity index (χ0n) is 48.7. The Morgan fingerprint density at radius 1 is 1.05 bits per heavy atom. The summed E-state index contributed by atoms with van der Waals surface area (Å²) < 4.78 is 234. The summed E-state index contributed by atoms with van der Waals surface area (Å²) in [6.07, 6.45) is -1.58. The summed E-state index contributed by atoms with van der Waals surface area (Å²) in [6, 6.07) is -13.3. The van der Waals surface area contributed by atoms with E-state index in [0.717, 1.165) is 6.92 Å². The van der Waals surface area contributed by atoms with Crippen molar-refractivity contribution in [2.45, 2.75) is 44.8 Å². The lowest BCUT2D eigenvalue weighted by molar-refractivity contribution is -0.144. The quantitative estimate of drug-likeness (QED) is 0.253. The molecule has 2 unspecified atom stereocenters. The maximum Gasteiger partial charge on any atom is 0.408 e. The Bertz CT molecular complexity index is 2160. The number of alkyl carbamates (subject to hydrolysis) is 1. The number of nitrogens with two attached hydrogens (primary N) is 1. The van der Waals surface area contributed by atoms with Gasteiger partial charge in [0, 0.05) is 15.4 Å². The number of carbonyl (C=O) groups is 3. The molecule has 40 heavy (non-hydrogen) atoms. The van der Waals surface area contributed by atoms with Gasteiger partial charge in [-0.15, -0.1) is 0 Å². The van der Waals surface area contributed by atoms with E-state index in [1.165, 1.54) is 13.8 Å². The Kier molecular flexibility index (Phi) is 4.41. The highest BCUT2D eigenvalue weighted by Crippen LogP contribution is 2.25. The number of rotatable bonds is 14. The SMILES string of the molecule is [2H]CC(C)(C)OC(=O)N([2H])C(C)(C(=O)O[2H])c1c([2H])c([2H])c(OC([2H])([2H])C([2H])([2H])OC([2H])([2H])[2H])c([2H])c1[2H].[2H]c1c([2H])c(C([2H])(C(=O)O)N([2H])[2H])c([2H])c([2H])c1OC([2H])([2H])C([2H])([2H])OC([2H])([2H])[2H]. The number of carboxylic acids is 2. The lowest BCUT2D eigenvalue weighted by Gasteiger charge is -2.29. The summed E-state index contributed by atoms with van der Waals surface area (Å²) >= 11 is 0. The molecule has 12 nitrogen and oxygen atoms in total. The number of carbonyl (C=O) groups excluding carboxylic acids is 1. The highest BCUT2D eigenvalue weighted by molar-refractivity contribution is 5.85. The van der Waals surface area contributed by atoms with Crippen LogP contribution in [-0.2, 0) is 29.3 Å². The fraction of sp³-hybridized carbons (Fsp3) is 0.464. The van der Waals surface area contributed by atoms with E-state index in [0.29, 0.717) is 0 Å². The Balaban J connectivity index is 0.000000699. The molecule has 0 radical (unpaired) electrons. The van der Waals surface area contributed by atoms with Gasteiger partial charge in [0.2, 0.25) is 0 Å². The molecule has 0 aliphatic heterocycles. The van der Waals surface area contributed by atoms with Gasteiger partial charge in [0.15, 0.2) is 6.95 Å². The van der Waals surface area contributed by atoms with E-state index >= 15 is 0 Å². The second kappa shape index (κ2) is 16.3. The van der Waals surface area contributed by atoms with E-state index < -0.39 is 159 Å². The van der Waals surface area contributed by atoms with Crippen LogP contribution in [0, 0.1) is 0 Å². The van der Waals surface area contributed by atoms with E-state index in [2.05, 4.69) is 19.3 Å². The predicted molar refractivity (Wildman–Crippen MR) is 147 cm³/mol. The predicted octanol–water partition coefficient (Wildman–Crippen LogP) is 3.33. The highest BCUT2D eigenvalue weighted by atomic mass is 16.6. The van der Waals surface area contributed by atoms with Crippen molar-refractivity contribution in [3.05, 3.63) is 59.5 Å². The van der Waals surface area contributed by atoms with Gasteiger partial charge in [-0.25, -0.2) is 9.59 Å².